The Bertz CT molecular complexity index is 1100. The van der Waals surface area contributed by atoms with E-state index in [1.54, 1.807) is 0 Å². The summed E-state index contributed by atoms with van der Waals surface area (Å²) in [6.45, 7) is 4.42. The molecule has 0 radical (unpaired) electrons. The van der Waals surface area contributed by atoms with Gasteiger partial charge in [0.05, 0.1) is 30.2 Å². The predicted molar refractivity (Wildman–Crippen MR) is 113 cm³/mol. The minimum atomic E-state index is -1.97. The average Bonchev–Trinajstić information content (AvgIpc) is 3.45. The number of imidazole rings is 1. The molecule has 32 heavy (non-hydrogen) atoms. The zero-order valence-electron chi connectivity index (χ0n) is 18.4. The summed E-state index contributed by atoms with van der Waals surface area (Å²) < 4.78 is 6.14. The lowest BCUT2D eigenvalue weighted by molar-refractivity contribution is -0.449. The van der Waals surface area contributed by atoms with E-state index in [9.17, 15) is 20.4 Å². The van der Waals surface area contributed by atoms with E-state index >= 15 is 0 Å². The Morgan fingerprint density at radius 1 is 1.12 bits per heavy atom. The number of hydrogen-bond donors (Lipinski definition) is 6. The molecule has 8 nitrogen and oxygen atoms in total. The third kappa shape index (κ3) is 1.80. The average molecular weight is 442 g/mol. The van der Waals surface area contributed by atoms with E-state index < -0.39 is 34.9 Å². The second-order valence-corrected chi connectivity index (χ2v) is 11.5. The van der Waals surface area contributed by atoms with Crippen molar-refractivity contribution in [3.63, 3.8) is 0 Å². The van der Waals surface area contributed by atoms with Gasteiger partial charge < -0.3 is 35.1 Å². The standard InChI is InChI=1S/C24H31N3O5/c1-21(2)8-7-14(28)22-10-32-24(31,19(30)16(21)22)23-13(22)6-5-11(18(23)29)15-17(23)27-20(26-15)12-4-3-9-25-12/h3-4,9,11,13-14,16,18-19,25,28-31H,5-8,10H2,1-2H3,(H,26,27)/t11-,13?,14-,16?,18+,19-,22+,23?,24-/m0/s1. The van der Waals surface area contributed by atoms with E-state index in [-0.39, 0.29) is 29.8 Å². The van der Waals surface area contributed by atoms with Crippen LogP contribution in [0.4, 0.5) is 0 Å². The smallest absolute Gasteiger partial charge is 0.206 e. The number of aromatic amines is 2. The van der Waals surface area contributed by atoms with Crippen LogP contribution >= 0.6 is 0 Å². The van der Waals surface area contributed by atoms with Gasteiger partial charge in [0.2, 0.25) is 5.79 Å². The summed E-state index contributed by atoms with van der Waals surface area (Å²) in [6.07, 6.45) is 1.84. The summed E-state index contributed by atoms with van der Waals surface area (Å²) in [4.78, 5) is 11.5. The van der Waals surface area contributed by atoms with Crippen LogP contribution in [-0.4, -0.2) is 66.1 Å². The van der Waals surface area contributed by atoms with Crippen molar-refractivity contribution in [2.75, 3.05) is 6.61 Å². The largest absolute Gasteiger partial charge is 0.392 e. The number of aromatic nitrogens is 3. The van der Waals surface area contributed by atoms with Gasteiger partial charge in [0.25, 0.3) is 0 Å². The van der Waals surface area contributed by atoms with Crippen LogP contribution in [0.1, 0.15) is 56.8 Å². The number of ether oxygens (including phenoxy) is 1. The van der Waals surface area contributed by atoms with Crippen LogP contribution in [0.15, 0.2) is 18.3 Å². The molecule has 6 aliphatic rings. The monoisotopic (exact) mass is 441 g/mol. The van der Waals surface area contributed by atoms with E-state index in [0.717, 1.165) is 30.7 Å². The van der Waals surface area contributed by atoms with Crippen molar-refractivity contribution in [3.05, 3.63) is 29.7 Å². The quantitative estimate of drug-likeness (QED) is 0.396. The topological polar surface area (TPSA) is 135 Å². The first-order valence-electron chi connectivity index (χ1n) is 11.8. The number of fused-ring (bicyclic) bond motifs is 4. The molecule has 5 fully saturated rings. The minimum absolute atomic E-state index is 0.183. The Morgan fingerprint density at radius 2 is 1.94 bits per heavy atom. The third-order valence-electron chi connectivity index (χ3n) is 10.1. The minimum Gasteiger partial charge on any atom is -0.392 e. The predicted octanol–water partition coefficient (Wildman–Crippen LogP) is 1.39. The van der Waals surface area contributed by atoms with Gasteiger partial charge in [-0.05, 0) is 49.1 Å². The van der Waals surface area contributed by atoms with Crippen molar-refractivity contribution in [2.24, 2.45) is 22.7 Å². The summed E-state index contributed by atoms with van der Waals surface area (Å²) in [5.74, 6) is -2.12. The highest BCUT2D eigenvalue weighted by molar-refractivity contribution is 5.56. The Labute approximate surface area is 186 Å². The molecule has 3 saturated carbocycles. The molecule has 2 aromatic heterocycles. The van der Waals surface area contributed by atoms with Gasteiger partial charge in [-0.1, -0.05) is 13.8 Å². The SMILES string of the molecule is CC1(C)CC[C@H](O)[C@]23CO[C@@](O)([C@@H](O)C12)C12c4nc(-c5ccc[nH]5)[nH]c4[C@H](CCC13)[C@H]2O. The molecule has 4 heterocycles. The summed E-state index contributed by atoms with van der Waals surface area (Å²) in [6, 6.07) is 3.82. The Morgan fingerprint density at radius 3 is 2.69 bits per heavy atom. The van der Waals surface area contributed by atoms with Crippen molar-refractivity contribution in [2.45, 2.75) is 75.0 Å². The highest BCUT2D eigenvalue weighted by atomic mass is 16.6. The number of H-pyrrole nitrogens is 2. The van der Waals surface area contributed by atoms with Gasteiger partial charge in [0, 0.05) is 29.1 Å². The zero-order chi connectivity index (χ0) is 22.3. The van der Waals surface area contributed by atoms with Gasteiger partial charge in [0.15, 0.2) is 5.82 Å². The summed E-state index contributed by atoms with van der Waals surface area (Å²) >= 11 is 0. The van der Waals surface area contributed by atoms with Crippen molar-refractivity contribution >= 4 is 0 Å². The highest BCUT2D eigenvalue weighted by Gasteiger charge is 2.85. The number of nitrogens with one attached hydrogen (secondary N) is 2. The maximum absolute atomic E-state index is 12.2. The third-order valence-corrected chi connectivity index (χ3v) is 10.1. The van der Waals surface area contributed by atoms with Gasteiger partial charge >= 0.3 is 0 Å². The van der Waals surface area contributed by atoms with E-state index in [1.165, 1.54) is 0 Å². The molecule has 4 bridgehead atoms. The number of rotatable bonds is 1. The molecule has 2 aliphatic heterocycles. The number of aliphatic hydroxyl groups is 4. The molecule has 2 saturated heterocycles. The number of aliphatic hydroxyl groups excluding tert-OH is 3. The van der Waals surface area contributed by atoms with E-state index in [0.29, 0.717) is 17.9 Å². The number of nitrogens with zero attached hydrogens (tertiary/aromatic N) is 1. The van der Waals surface area contributed by atoms with E-state index in [1.807, 2.05) is 18.3 Å². The van der Waals surface area contributed by atoms with Crippen LogP contribution in [0.2, 0.25) is 0 Å². The Hall–Kier alpha value is -1.71. The molecule has 0 aromatic carbocycles. The fourth-order valence-corrected chi connectivity index (χ4v) is 9.00. The molecule has 6 N–H and O–H groups in total. The van der Waals surface area contributed by atoms with Gasteiger partial charge in [-0.2, -0.15) is 0 Å². The maximum Gasteiger partial charge on any atom is 0.206 e. The van der Waals surface area contributed by atoms with E-state index in [4.69, 9.17) is 9.72 Å². The molecule has 8 heteroatoms. The fourth-order valence-electron chi connectivity index (χ4n) is 9.00. The summed E-state index contributed by atoms with van der Waals surface area (Å²) in [7, 11) is 0. The fraction of sp³-hybridized carbons (Fsp3) is 0.708. The molecular weight excluding hydrogens is 410 g/mol. The summed E-state index contributed by atoms with van der Waals surface area (Å²) in [5, 5.41) is 47.2. The molecule has 172 valence electrons. The van der Waals surface area contributed by atoms with Crippen molar-refractivity contribution in [1.29, 1.82) is 0 Å². The van der Waals surface area contributed by atoms with Crippen molar-refractivity contribution in [1.82, 2.24) is 15.0 Å². The van der Waals surface area contributed by atoms with Crippen LogP contribution in [0, 0.1) is 22.7 Å². The lowest BCUT2D eigenvalue weighted by Gasteiger charge is -2.75. The van der Waals surface area contributed by atoms with Gasteiger partial charge in [-0.25, -0.2) is 4.98 Å². The van der Waals surface area contributed by atoms with Gasteiger partial charge in [0.1, 0.15) is 11.5 Å². The molecule has 0 amide bonds. The molecule has 9 atom stereocenters. The Kier molecular flexibility index (Phi) is 3.50. The molecule has 3 unspecified atom stereocenters. The molecule has 8 rings (SSSR count). The normalized spacial score (nSPS) is 50.1. The molecule has 4 aliphatic carbocycles. The van der Waals surface area contributed by atoms with Gasteiger partial charge in [-0.3, -0.25) is 0 Å². The first-order valence-corrected chi connectivity index (χ1v) is 11.8. The van der Waals surface area contributed by atoms with E-state index in [2.05, 4.69) is 23.8 Å². The lowest BCUT2D eigenvalue weighted by atomic mass is 9.35. The van der Waals surface area contributed by atoms with Gasteiger partial charge in [-0.15, -0.1) is 0 Å². The second-order valence-electron chi connectivity index (χ2n) is 11.5. The summed E-state index contributed by atoms with van der Waals surface area (Å²) in [5.41, 5.74) is -0.0675. The second kappa shape index (κ2) is 5.67. The first-order chi connectivity index (χ1) is 15.2. The molecular formula is C24H31N3O5. The van der Waals surface area contributed by atoms with Crippen molar-refractivity contribution < 1.29 is 25.2 Å². The molecule has 2 spiro atoms. The first kappa shape index (κ1) is 19.7. The van der Waals surface area contributed by atoms with Crippen LogP contribution in [0.3, 0.4) is 0 Å². The maximum atomic E-state index is 12.2. The van der Waals surface area contributed by atoms with Crippen LogP contribution in [0.25, 0.3) is 11.5 Å². The van der Waals surface area contributed by atoms with Crippen LogP contribution < -0.4 is 0 Å². The van der Waals surface area contributed by atoms with Crippen LogP contribution in [-0.2, 0) is 10.2 Å². The Balaban J connectivity index is 1.51. The highest BCUT2D eigenvalue weighted by Crippen LogP contribution is 2.76. The lowest BCUT2D eigenvalue weighted by Crippen LogP contribution is -2.86. The van der Waals surface area contributed by atoms with Crippen LogP contribution in [0.5, 0.6) is 0 Å². The van der Waals surface area contributed by atoms with Crippen molar-refractivity contribution in [3.8, 4) is 11.5 Å². The molecule has 2 aromatic rings. The zero-order valence-corrected chi connectivity index (χ0v) is 18.4. The number of hydrogen-bond acceptors (Lipinski definition) is 6.